The Morgan fingerprint density at radius 1 is 1.26 bits per heavy atom. The van der Waals surface area contributed by atoms with Crippen molar-refractivity contribution in [1.29, 1.82) is 0 Å². The summed E-state index contributed by atoms with van der Waals surface area (Å²) in [6.45, 7) is 4.31. The minimum absolute atomic E-state index is 0.104. The minimum Gasteiger partial charge on any atom is -0.506 e. The van der Waals surface area contributed by atoms with Gasteiger partial charge in [0.05, 0.1) is 5.69 Å². The number of hydrogen-bond donors (Lipinski definition) is 2. The Morgan fingerprint density at radius 3 is 2.89 bits per heavy atom. The Bertz CT molecular complexity index is 777. The summed E-state index contributed by atoms with van der Waals surface area (Å²) in [4.78, 5) is 17.6. The fraction of sp³-hybridized carbons (Fsp3) is 0.682. The van der Waals surface area contributed by atoms with Crippen molar-refractivity contribution in [2.75, 3.05) is 24.6 Å². The fourth-order valence-electron chi connectivity index (χ4n) is 7.37. The van der Waals surface area contributed by atoms with Crippen LogP contribution in [0.15, 0.2) is 18.2 Å². The Kier molecular flexibility index (Phi) is 3.86. The average Bonchev–Trinajstić information content (AvgIpc) is 3.21. The van der Waals surface area contributed by atoms with E-state index in [2.05, 4.69) is 11.0 Å². The van der Waals surface area contributed by atoms with Crippen LogP contribution in [0.1, 0.15) is 57.4 Å². The summed E-state index contributed by atoms with van der Waals surface area (Å²) in [5.74, 6) is 0.351. The molecule has 1 spiro atoms. The summed E-state index contributed by atoms with van der Waals surface area (Å²) < 4.78 is 0. The number of aliphatic hydroxyl groups excluding tert-OH is 1. The normalized spacial score (nSPS) is 37.0. The molecule has 5 rings (SSSR count). The van der Waals surface area contributed by atoms with Crippen molar-refractivity contribution in [3.8, 4) is 5.75 Å². The van der Waals surface area contributed by atoms with E-state index in [0.29, 0.717) is 12.5 Å². The summed E-state index contributed by atoms with van der Waals surface area (Å²) in [5, 5.41) is 20.6. The molecular weight excluding hydrogens is 340 g/mol. The number of aromatic hydroxyl groups is 1. The highest BCUT2D eigenvalue weighted by atomic mass is 16.3. The van der Waals surface area contributed by atoms with E-state index in [1.165, 1.54) is 18.4 Å². The van der Waals surface area contributed by atoms with Crippen LogP contribution in [0.25, 0.3) is 0 Å². The van der Waals surface area contributed by atoms with E-state index in [-0.39, 0.29) is 35.1 Å². The van der Waals surface area contributed by atoms with Crippen molar-refractivity contribution in [3.63, 3.8) is 0 Å². The summed E-state index contributed by atoms with van der Waals surface area (Å²) >= 11 is 0. The second-order valence-electron chi connectivity index (χ2n) is 9.01. The number of fused-ring (bicyclic) bond motifs is 1. The third-order valence-corrected chi connectivity index (χ3v) is 8.13. The number of aliphatic hydroxyl groups is 1. The van der Waals surface area contributed by atoms with Gasteiger partial charge in [-0.2, -0.15) is 0 Å². The van der Waals surface area contributed by atoms with E-state index < -0.39 is 0 Å². The monoisotopic (exact) mass is 370 g/mol. The third-order valence-electron chi connectivity index (χ3n) is 8.13. The highest BCUT2D eigenvalue weighted by Crippen LogP contribution is 2.66. The van der Waals surface area contributed by atoms with Crippen LogP contribution in [-0.2, 0) is 10.2 Å². The van der Waals surface area contributed by atoms with Crippen molar-refractivity contribution >= 4 is 11.6 Å². The number of carbonyl (C=O) groups is 1. The lowest BCUT2D eigenvalue weighted by atomic mass is 9.52. The Hall–Kier alpha value is -1.59. The smallest absolute Gasteiger partial charge is 0.227 e. The van der Waals surface area contributed by atoms with Gasteiger partial charge in [0.1, 0.15) is 5.75 Å². The summed E-state index contributed by atoms with van der Waals surface area (Å²) in [5.41, 5.74) is 1.97. The number of phenols is 1. The zero-order valence-electron chi connectivity index (χ0n) is 16.2. The van der Waals surface area contributed by atoms with E-state index in [0.717, 1.165) is 44.5 Å². The Labute approximate surface area is 161 Å². The number of carbonyl (C=O) groups excluding carboxylic acids is 1. The van der Waals surface area contributed by atoms with E-state index in [1.54, 1.807) is 6.07 Å². The van der Waals surface area contributed by atoms with E-state index >= 15 is 0 Å². The van der Waals surface area contributed by atoms with Gasteiger partial charge in [0.15, 0.2) is 0 Å². The van der Waals surface area contributed by atoms with Crippen LogP contribution in [0.2, 0.25) is 0 Å². The molecule has 5 nitrogen and oxygen atoms in total. The molecule has 1 aliphatic carbocycles. The predicted molar refractivity (Wildman–Crippen MR) is 104 cm³/mol. The first-order valence-electron chi connectivity index (χ1n) is 10.6. The SMILES string of the molecule is CCC(=O)N1c2c(O)cccc2[C@]23CCN4CCC[C@@](CCO)(CC[C@@H]12)[C@H]43. The Morgan fingerprint density at radius 2 is 2.11 bits per heavy atom. The molecule has 1 amide bonds. The second-order valence-corrected chi connectivity index (χ2v) is 9.01. The third kappa shape index (κ3) is 2.05. The molecule has 3 heterocycles. The number of benzene rings is 1. The average molecular weight is 370 g/mol. The standard InChI is InChI=1S/C22H30N2O3/c1-2-18(27)24-17-7-9-21(11-14-25)8-4-12-23-13-10-22(17,20(21)23)15-5-3-6-16(26)19(15)24/h3,5-6,17,20,25-26H,2,4,7-14H2,1H3/t17-,20+,21+,22-/m1/s1. The molecule has 2 saturated heterocycles. The predicted octanol–water partition coefficient (Wildman–Crippen LogP) is 2.79. The van der Waals surface area contributed by atoms with Crippen LogP contribution >= 0.6 is 0 Å². The van der Waals surface area contributed by atoms with Gasteiger partial charge in [-0.3, -0.25) is 9.69 Å². The zero-order chi connectivity index (χ0) is 18.8. The van der Waals surface area contributed by atoms with Gasteiger partial charge in [-0.05, 0) is 68.7 Å². The lowest BCUT2D eigenvalue weighted by Crippen LogP contribution is -2.65. The minimum atomic E-state index is -0.104. The van der Waals surface area contributed by atoms with E-state index in [1.807, 2.05) is 17.9 Å². The maximum atomic E-state index is 13.0. The van der Waals surface area contributed by atoms with Crippen LogP contribution in [0.5, 0.6) is 5.75 Å². The van der Waals surface area contributed by atoms with Gasteiger partial charge in [0.2, 0.25) is 5.91 Å². The highest BCUT2D eigenvalue weighted by Gasteiger charge is 2.68. The fourth-order valence-corrected chi connectivity index (χ4v) is 7.37. The van der Waals surface area contributed by atoms with E-state index in [4.69, 9.17) is 0 Å². The van der Waals surface area contributed by atoms with Crippen molar-refractivity contribution in [2.45, 2.75) is 69.4 Å². The van der Waals surface area contributed by atoms with Crippen LogP contribution in [-0.4, -0.2) is 52.8 Å². The van der Waals surface area contributed by atoms with Crippen molar-refractivity contribution in [3.05, 3.63) is 23.8 Å². The van der Waals surface area contributed by atoms with Crippen LogP contribution in [0.3, 0.4) is 0 Å². The molecule has 1 saturated carbocycles. The first-order chi connectivity index (χ1) is 13.1. The van der Waals surface area contributed by atoms with Gasteiger partial charge in [-0.1, -0.05) is 19.1 Å². The van der Waals surface area contributed by atoms with Crippen LogP contribution in [0.4, 0.5) is 5.69 Å². The number of phenolic OH excluding ortho intramolecular Hbond substituents is 1. The van der Waals surface area contributed by atoms with Gasteiger partial charge in [0, 0.05) is 30.5 Å². The lowest BCUT2D eigenvalue weighted by molar-refractivity contribution is -0.120. The molecule has 0 bridgehead atoms. The quantitative estimate of drug-likeness (QED) is 0.859. The summed E-state index contributed by atoms with van der Waals surface area (Å²) in [7, 11) is 0. The first-order valence-corrected chi connectivity index (χ1v) is 10.6. The number of hydrogen-bond acceptors (Lipinski definition) is 4. The summed E-state index contributed by atoms with van der Waals surface area (Å²) in [6.07, 6.45) is 6.73. The number of nitrogens with zero attached hydrogens (tertiary/aromatic N) is 2. The first kappa shape index (κ1) is 17.5. The Balaban J connectivity index is 1.73. The van der Waals surface area contributed by atoms with Crippen molar-refractivity contribution < 1.29 is 15.0 Å². The molecule has 27 heavy (non-hydrogen) atoms. The molecule has 146 valence electrons. The van der Waals surface area contributed by atoms with Gasteiger partial charge in [-0.15, -0.1) is 0 Å². The molecule has 3 aliphatic heterocycles. The van der Waals surface area contributed by atoms with Crippen molar-refractivity contribution in [1.82, 2.24) is 4.90 Å². The summed E-state index contributed by atoms with van der Waals surface area (Å²) in [6, 6.07) is 6.30. The molecule has 4 atom stereocenters. The maximum absolute atomic E-state index is 13.0. The number of para-hydroxylation sites is 1. The molecule has 4 aliphatic rings. The topological polar surface area (TPSA) is 64.0 Å². The van der Waals surface area contributed by atoms with Gasteiger partial charge in [0.25, 0.3) is 0 Å². The largest absolute Gasteiger partial charge is 0.506 e. The molecule has 0 unspecified atom stereocenters. The number of piperidine rings is 1. The molecular formula is C22H30N2O3. The van der Waals surface area contributed by atoms with Crippen LogP contribution < -0.4 is 4.90 Å². The van der Waals surface area contributed by atoms with E-state index in [9.17, 15) is 15.0 Å². The van der Waals surface area contributed by atoms with Gasteiger partial charge >= 0.3 is 0 Å². The molecule has 0 radical (unpaired) electrons. The lowest BCUT2D eigenvalue weighted by Gasteiger charge is -2.58. The molecule has 1 aromatic carbocycles. The van der Waals surface area contributed by atoms with Gasteiger partial charge in [-0.25, -0.2) is 0 Å². The molecule has 1 aromatic rings. The molecule has 3 fully saturated rings. The number of amides is 1. The zero-order valence-corrected chi connectivity index (χ0v) is 16.2. The van der Waals surface area contributed by atoms with Gasteiger partial charge < -0.3 is 15.1 Å². The van der Waals surface area contributed by atoms with Crippen molar-refractivity contribution in [2.24, 2.45) is 5.41 Å². The second kappa shape index (κ2) is 5.95. The molecule has 0 aromatic heterocycles. The van der Waals surface area contributed by atoms with Crippen LogP contribution in [0, 0.1) is 5.41 Å². The molecule has 5 heteroatoms. The number of anilines is 1. The highest BCUT2D eigenvalue weighted by molar-refractivity contribution is 5.99. The molecule has 2 N–H and O–H groups in total. The maximum Gasteiger partial charge on any atom is 0.227 e. The number of rotatable bonds is 3.